The first-order valence-electron chi connectivity index (χ1n) is 9.63. The van der Waals surface area contributed by atoms with Gasteiger partial charge in [-0.15, -0.1) is 0 Å². The van der Waals surface area contributed by atoms with Gasteiger partial charge in [-0.05, 0) is 12.8 Å². The zero-order valence-corrected chi connectivity index (χ0v) is 17.5. The Morgan fingerprint density at radius 2 is 1.65 bits per heavy atom. The number of nitrogens with two attached hydrogens (primary N) is 1. The van der Waals surface area contributed by atoms with Gasteiger partial charge in [-0.25, -0.2) is 9.78 Å². The summed E-state index contributed by atoms with van der Waals surface area (Å²) in [5, 5.41) is 34.9. The summed E-state index contributed by atoms with van der Waals surface area (Å²) in [6.45, 7) is 3.66. The van der Waals surface area contributed by atoms with E-state index in [1.165, 1.54) is 19.4 Å². The first kappa shape index (κ1) is 26.0. The SMILES string of the molecule is CC(C)C(NC(=O)C(NC(=O)C(N)Cc1cnc[nH]1)C(C)O)C(=O)NC(CO)C(=O)O. The van der Waals surface area contributed by atoms with Crippen molar-refractivity contribution in [2.24, 2.45) is 11.7 Å². The van der Waals surface area contributed by atoms with Crippen molar-refractivity contribution in [2.75, 3.05) is 6.61 Å². The van der Waals surface area contributed by atoms with E-state index in [-0.39, 0.29) is 6.42 Å². The van der Waals surface area contributed by atoms with Crippen molar-refractivity contribution in [3.05, 3.63) is 18.2 Å². The molecule has 0 radical (unpaired) electrons. The van der Waals surface area contributed by atoms with Gasteiger partial charge in [0.25, 0.3) is 0 Å². The maximum absolute atomic E-state index is 12.7. The number of carboxylic acid groups (broad SMARTS) is 1. The molecular weight excluding hydrogens is 412 g/mol. The quantitative estimate of drug-likeness (QED) is 0.163. The normalized spacial score (nSPS) is 16.0. The van der Waals surface area contributed by atoms with Gasteiger partial charge in [-0.2, -0.15) is 0 Å². The van der Waals surface area contributed by atoms with Crippen LogP contribution in [-0.4, -0.2) is 85.9 Å². The number of amides is 3. The number of nitrogens with one attached hydrogen (secondary N) is 4. The molecule has 5 unspecified atom stereocenters. The van der Waals surface area contributed by atoms with E-state index in [0.29, 0.717) is 5.69 Å². The van der Waals surface area contributed by atoms with Crippen molar-refractivity contribution in [3.63, 3.8) is 0 Å². The molecule has 0 fully saturated rings. The molecule has 1 rings (SSSR count). The van der Waals surface area contributed by atoms with Crippen LogP contribution in [0.1, 0.15) is 26.5 Å². The number of H-pyrrole nitrogens is 1. The Morgan fingerprint density at radius 3 is 2.10 bits per heavy atom. The number of aromatic amines is 1. The van der Waals surface area contributed by atoms with E-state index in [2.05, 4.69) is 25.9 Å². The van der Waals surface area contributed by atoms with Crippen LogP contribution >= 0.6 is 0 Å². The monoisotopic (exact) mass is 442 g/mol. The lowest BCUT2D eigenvalue weighted by Gasteiger charge is -2.27. The summed E-state index contributed by atoms with van der Waals surface area (Å²) >= 11 is 0. The second-order valence-corrected chi connectivity index (χ2v) is 7.43. The molecule has 13 heteroatoms. The molecule has 0 aliphatic rings. The molecule has 0 aliphatic heterocycles. The predicted octanol–water partition coefficient (Wildman–Crippen LogP) is -3.15. The van der Waals surface area contributed by atoms with Gasteiger partial charge in [-0.1, -0.05) is 13.8 Å². The first-order chi connectivity index (χ1) is 14.5. The minimum atomic E-state index is -1.54. The van der Waals surface area contributed by atoms with Crippen molar-refractivity contribution in [1.29, 1.82) is 0 Å². The van der Waals surface area contributed by atoms with Crippen LogP contribution in [0.4, 0.5) is 0 Å². The number of carbonyl (C=O) groups is 4. The van der Waals surface area contributed by atoms with Gasteiger partial charge < -0.3 is 42.0 Å². The van der Waals surface area contributed by atoms with Crippen LogP contribution in [0.15, 0.2) is 12.5 Å². The number of carbonyl (C=O) groups excluding carboxylic acids is 3. The summed E-state index contributed by atoms with van der Waals surface area (Å²) in [7, 11) is 0. The molecule has 174 valence electrons. The van der Waals surface area contributed by atoms with E-state index < -0.39 is 66.5 Å². The summed E-state index contributed by atoms with van der Waals surface area (Å²) in [6, 6.07) is -5.17. The number of aliphatic carboxylic acids is 1. The van der Waals surface area contributed by atoms with Gasteiger partial charge in [0.2, 0.25) is 17.7 Å². The van der Waals surface area contributed by atoms with Gasteiger partial charge in [0.1, 0.15) is 18.1 Å². The van der Waals surface area contributed by atoms with Crippen LogP contribution in [0.3, 0.4) is 0 Å². The highest BCUT2D eigenvalue weighted by Crippen LogP contribution is 2.05. The number of aliphatic hydroxyl groups excluding tert-OH is 2. The predicted molar refractivity (Wildman–Crippen MR) is 107 cm³/mol. The van der Waals surface area contributed by atoms with Crippen molar-refractivity contribution < 1.29 is 34.5 Å². The summed E-state index contributed by atoms with van der Waals surface area (Å²) < 4.78 is 0. The second kappa shape index (κ2) is 12.0. The standard InChI is InChI=1S/C18H30N6O7/c1-8(2)13(16(28)22-12(6-25)18(30)31)23-17(29)14(9(3)26)24-15(27)11(19)4-10-5-20-7-21-10/h5,7-9,11-14,25-26H,4,6,19H2,1-3H3,(H,20,21)(H,22,28)(H,23,29)(H,24,27)(H,30,31). The fourth-order valence-electron chi connectivity index (χ4n) is 2.62. The molecule has 0 aliphatic carbocycles. The Bertz CT molecular complexity index is 753. The largest absolute Gasteiger partial charge is 0.480 e. The van der Waals surface area contributed by atoms with E-state index in [1.54, 1.807) is 13.8 Å². The highest BCUT2D eigenvalue weighted by molar-refractivity contribution is 5.94. The second-order valence-electron chi connectivity index (χ2n) is 7.43. The number of aliphatic hydroxyl groups is 2. The zero-order valence-electron chi connectivity index (χ0n) is 17.5. The average Bonchev–Trinajstić information content (AvgIpc) is 3.19. The fourth-order valence-corrected chi connectivity index (χ4v) is 2.62. The molecule has 9 N–H and O–H groups in total. The van der Waals surface area contributed by atoms with Gasteiger partial charge in [-0.3, -0.25) is 14.4 Å². The molecule has 1 aromatic rings. The lowest BCUT2D eigenvalue weighted by atomic mass is 10.0. The lowest BCUT2D eigenvalue weighted by Crippen LogP contribution is -2.61. The van der Waals surface area contributed by atoms with Gasteiger partial charge in [0, 0.05) is 18.3 Å². The molecule has 31 heavy (non-hydrogen) atoms. The summed E-state index contributed by atoms with van der Waals surface area (Å²) in [6.07, 6.45) is 1.72. The highest BCUT2D eigenvalue weighted by Gasteiger charge is 2.33. The Hall–Kier alpha value is -3.03. The molecule has 1 heterocycles. The lowest BCUT2D eigenvalue weighted by molar-refractivity contribution is -0.143. The molecule has 0 bridgehead atoms. The van der Waals surface area contributed by atoms with Crippen LogP contribution in [0.2, 0.25) is 0 Å². The van der Waals surface area contributed by atoms with Gasteiger partial charge >= 0.3 is 5.97 Å². The third-order valence-electron chi connectivity index (χ3n) is 4.44. The highest BCUT2D eigenvalue weighted by atomic mass is 16.4. The Balaban J connectivity index is 2.83. The number of carboxylic acids is 1. The number of hydrogen-bond acceptors (Lipinski definition) is 8. The number of rotatable bonds is 12. The van der Waals surface area contributed by atoms with Gasteiger partial charge in [0.05, 0.1) is 25.1 Å². The van der Waals surface area contributed by atoms with Crippen LogP contribution in [0.5, 0.6) is 0 Å². The van der Waals surface area contributed by atoms with Gasteiger partial charge in [0.15, 0.2) is 0 Å². The van der Waals surface area contributed by atoms with E-state index in [1.807, 2.05) is 0 Å². The third-order valence-corrected chi connectivity index (χ3v) is 4.44. The molecule has 5 atom stereocenters. The van der Waals surface area contributed by atoms with E-state index in [4.69, 9.17) is 15.9 Å². The molecule has 0 saturated carbocycles. The molecule has 13 nitrogen and oxygen atoms in total. The van der Waals surface area contributed by atoms with Crippen LogP contribution in [0.25, 0.3) is 0 Å². The smallest absolute Gasteiger partial charge is 0.328 e. The van der Waals surface area contributed by atoms with Crippen LogP contribution in [0, 0.1) is 5.92 Å². The van der Waals surface area contributed by atoms with Crippen molar-refractivity contribution in [2.45, 2.75) is 57.5 Å². The summed E-state index contributed by atoms with van der Waals surface area (Å²) in [4.78, 5) is 55.1. The van der Waals surface area contributed by atoms with E-state index >= 15 is 0 Å². The molecule has 1 aromatic heterocycles. The summed E-state index contributed by atoms with van der Waals surface area (Å²) in [5.41, 5.74) is 6.44. The number of hydrogen-bond donors (Lipinski definition) is 8. The number of nitrogens with zero attached hydrogens (tertiary/aromatic N) is 1. The molecule has 0 spiro atoms. The Morgan fingerprint density at radius 1 is 1.06 bits per heavy atom. The number of imidazole rings is 1. The minimum Gasteiger partial charge on any atom is -0.480 e. The van der Waals surface area contributed by atoms with E-state index in [9.17, 15) is 24.3 Å². The van der Waals surface area contributed by atoms with Crippen LogP contribution < -0.4 is 21.7 Å². The topological polar surface area (TPSA) is 220 Å². The van der Waals surface area contributed by atoms with E-state index in [0.717, 1.165) is 0 Å². The van der Waals surface area contributed by atoms with Crippen molar-refractivity contribution in [1.82, 2.24) is 25.9 Å². The molecule has 0 aromatic carbocycles. The third kappa shape index (κ3) is 7.96. The zero-order chi connectivity index (χ0) is 23.7. The van der Waals surface area contributed by atoms with Crippen LogP contribution in [-0.2, 0) is 25.6 Å². The minimum absolute atomic E-state index is 0.120. The average molecular weight is 442 g/mol. The van der Waals surface area contributed by atoms with Crippen molar-refractivity contribution >= 4 is 23.7 Å². The Labute approximate surface area is 178 Å². The number of aromatic nitrogens is 2. The maximum Gasteiger partial charge on any atom is 0.328 e. The van der Waals surface area contributed by atoms with Crippen molar-refractivity contribution in [3.8, 4) is 0 Å². The Kier molecular flexibility index (Phi) is 10.0. The molecule has 0 saturated heterocycles. The fraction of sp³-hybridized carbons (Fsp3) is 0.611. The first-order valence-corrected chi connectivity index (χ1v) is 9.63. The molecule has 3 amide bonds. The summed E-state index contributed by atoms with van der Waals surface area (Å²) in [5.74, 6) is -4.30. The maximum atomic E-state index is 12.7. The molecular formula is C18H30N6O7.